The molecular weight excluding hydrogens is 299 g/mol. The Kier molecular flexibility index (Phi) is 3.53. The summed E-state index contributed by atoms with van der Waals surface area (Å²) in [6, 6.07) is 2.04. The molecule has 0 radical (unpaired) electrons. The van der Waals surface area contributed by atoms with Crippen molar-refractivity contribution in [1.29, 1.82) is 0 Å². The lowest BCUT2D eigenvalue weighted by atomic mass is 9.97. The van der Waals surface area contributed by atoms with Crippen LogP contribution < -0.4 is 10.2 Å². The number of rotatable bonds is 3. The van der Waals surface area contributed by atoms with Crippen LogP contribution in [-0.2, 0) is 4.74 Å². The fraction of sp³-hybridized carbons (Fsp3) is 0.467. The van der Waals surface area contributed by atoms with E-state index in [-0.39, 0.29) is 11.6 Å². The van der Waals surface area contributed by atoms with Crippen molar-refractivity contribution in [2.45, 2.75) is 24.5 Å². The molecule has 0 aromatic carbocycles. The van der Waals surface area contributed by atoms with E-state index in [4.69, 9.17) is 4.74 Å². The number of halogens is 1. The third kappa shape index (κ3) is 2.94. The van der Waals surface area contributed by atoms with Gasteiger partial charge in [-0.25, -0.2) is 24.3 Å². The molecule has 0 aliphatic carbocycles. The number of anilines is 2. The van der Waals surface area contributed by atoms with Gasteiger partial charge >= 0.3 is 0 Å². The molecule has 1 spiro atoms. The molecule has 2 aliphatic heterocycles. The van der Waals surface area contributed by atoms with Gasteiger partial charge in [-0.05, 0) is 12.5 Å². The van der Waals surface area contributed by atoms with Crippen molar-refractivity contribution in [3.8, 4) is 0 Å². The first kappa shape index (κ1) is 14.3. The van der Waals surface area contributed by atoms with Crippen molar-refractivity contribution < 1.29 is 9.13 Å². The molecule has 120 valence electrons. The van der Waals surface area contributed by atoms with Gasteiger partial charge in [0.1, 0.15) is 12.1 Å². The summed E-state index contributed by atoms with van der Waals surface area (Å²) in [6.07, 6.45) is 7.46. The molecule has 2 aromatic heterocycles. The molecule has 2 atom stereocenters. The van der Waals surface area contributed by atoms with Gasteiger partial charge in [-0.2, -0.15) is 0 Å². The maximum Gasteiger partial charge on any atom is 0.223 e. The van der Waals surface area contributed by atoms with Crippen molar-refractivity contribution >= 4 is 11.8 Å². The molecule has 2 aromatic rings. The van der Waals surface area contributed by atoms with Crippen molar-refractivity contribution in [3.05, 3.63) is 36.8 Å². The molecule has 0 bridgehead atoms. The van der Waals surface area contributed by atoms with Crippen LogP contribution in [0, 0.1) is 5.82 Å². The Morgan fingerprint density at radius 2 is 2.17 bits per heavy atom. The minimum Gasteiger partial charge on any atom is -0.371 e. The van der Waals surface area contributed by atoms with Crippen LogP contribution in [0.3, 0.4) is 0 Å². The zero-order valence-electron chi connectivity index (χ0n) is 12.5. The number of nitrogens with one attached hydrogen (secondary N) is 1. The van der Waals surface area contributed by atoms with Crippen molar-refractivity contribution in [2.24, 2.45) is 0 Å². The van der Waals surface area contributed by atoms with E-state index in [0.717, 1.165) is 44.1 Å². The monoisotopic (exact) mass is 316 g/mol. The minimum atomic E-state index is -0.439. The predicted molar refractivity (Wildman–Crippen MR) is 81.6 cm³/mol. The topological polar surface area (TPSA) is 76.1 Å². The van der Waals surface area contributed by atoms with Gasteiger partial charge in [0.25, 0.3) is 0 Å². The molecular formula is C15H17FN6O. The molecule has 1 N–H and O–H groups in total. The maximum atomic E-state index is 12.9. The second-order valence-corrected chi connectivity index (χ2v) is 6.00. The number of hydrogen-bond donors (Lipinski definition) is 1. The van der Waals surface area contributed by atoms with E-state index in [2.05, 4.69) is 30.2 Å². The lowest BCUT2D eigenvalue weighted by Crippen LogP contribution is -2.34. The summed E-state index contributed by atoms with van der Waals surface area (Å²) < 4.78 is 18.9. The average molecular weight is 316 g/mol. The quantitative estimate of drug-likeness (QED) is 0.913. The second-order valence-electron chi connectivity index (χ2n) is 6.00. The van der Waals surface area contributed by atoms with Crippen LogP contribution in [0.1, 0.15) is 12.8 Å². The third-order valence-electron chi connectivity index (χ3n) is 4.37. The molecule has 23 heavy (non-hydrogen) atoms. The normalized spacial score (nSPS) is 26.8. The summed E-state index contributed by atoms with van der Waals surface area (Å²) in [7, 11) is 0. The molecule has 0 unspecified atom stereocenters. The van der Waals surface area contributed by atoms with Crippen LogP contribution in [0.2, 0.25) is 0 Å². The molecule has 4 rings (SSSR count). The molecule has 4 heterocycles. The van der Waals surface area contributed by atoms with Crippen molar-refractivity contribution in [1.82, 2.24) is 19.9 Å². The highest BCUT2D eigenvalue weighted by atomic mass is 19.1. The van der Waals surface area contributed by atoms with E-state index in [1.54, 1.807) is 12.5 Å². The Morgan fingerprint density at radius 1 is 1.30 bits per heavy atom. The molecule has 2 fully saturated rings. The third-order valence-corrected chi connectivity index (χ3v) is 4.37. The Balaban J connectivity index is 1.39. The summed E-state index contributed by atoms with van der Waals surface area (Å²) in [5.74, 6) is 0.924. The van der Waals surface area contributed by atoms with Crippen LogP contribution in [0.25, 0.3) is 0 Å². The number of aromatic nitrogens is 4. The number of hydrogen-bond acceptors (Lipinski definition) is 7. The largest absolute Gasteiger partial charge is 0.371 e. The summed E-state index contributed by atoms with van der Waals surface area (Å²) in [6.45, 7) is 2.32. The summed E-state index contributed by atoms with van der Waals surface area (Å²) in [5.41, 5.74) is -0.164. The molecule has 2 aliphatic rings. The summed E-state index contributed by atoms with van der Waals surface area (Å²) in [5, 5.41) is 3.22. The Labute approximate surface area is 132 Å². The second kappa shape index (κ2) is 5.69. The van der Waals surface area contributed by atoms with Gasteiger partial charge in [0.2, 0.25) is 5.95 Å². The van der Waals surface area contributed by atoms with Crippen LogP contribution in [-0.4, -0.2) is 51.3 Å². The van der Waals surface area contributed by atoms with Crippen molar-refractivity contribution in [3.63, 3.8) is 0 Å². The minimum absolute atomic E-state index is 0.130. The summed E-state index contributed by atoms with van der Waals surface area (Å²) >= 11 is 0. The fourth-order valence-corrected chi connectivity index (χ4v) is 3.30. The first-order valence-corrected chi connectivity index (χ1v) is 7.61. The highest BCUT2D eigenvalue weighted by Gasteiger charge is 2.46. The highest BCUT2D eigenvalue weighted by Crippen LogP contribution is 2.37. The van der Waals surface area contributed by atoms with Crippen LogP contribution >= 0.6 is 0 Å². The van der Waals surface area contributed by atoms with Gasteiger partial charge in [-0.1, -0.05) is 0 Å². The van der Waals surface area contributed by atoms with Gasteiger partial charge in [0.15, 0.2) is 5.82 Å². The smallest absolute Gasteiger partial charge is 0.223 e. The van der Waals surface area contributed by atoms with Crippen LogP contribution in [0.15, 0.2) is 31.0 Å². The lowest BCUT2D eigenvalue weighted by molar-refractivity contribution is 0.0228. The van der Waals surface area contributed by atoms with Crippen LogP contribution in [0.4, 0.5) is 16.2 Å². The Hall–Kier alpha value is -2.35. The summed E-state index contributed by atoms with van der Waals surface area (Å²) in [4.78, 5) is 18.3. The highest BCUT2D eigenvalue weighted by molar-refractivity contribution is 5.40. The molecule has 7 nitrogen and oxygen atoms in total. The zero-order chi connectivity index (χ0) is 15.7. The number of ether oxygens (including phenoxy) is 1. The van der Waals surface area contributed by atoms with E-state index < -0.39 is 5.82 Å². The average Bonchev–Trinajstić information content (AvgIpc) is 3.18. The maximum absolute atomic E-state index is 12.9. The standard InChI is InChI=1S/C15H17FN6O/c16-11-6-18-14(19-7-11)21-12-5-15(23-8-12)2-4-22(9-15)13-1-3-17-10-20-13/h1,3,6-7,10,12H,2,4-5,8-9H2,(H,18,19,21)/t12-,15+/m1/s1. The Morgan fingerprint density at radius 3 is 2.96 bits per heavy atom. The van der Waals surface area contributed by atoms with Gasteiger partial charge < -0.3 is 15.0 Å². The van der Waals surface area contributed by atoms with E-state index in [9.17, 15) is 4.39 Å². The predicted octanol–water partition coefficient (Wildman–Crippen LogP) is 1.26. The molecule has 2 saturated heterocycles. The molecule has 0 amide bonds. The molecule has 8 heteroatoms. The first-order chi connectivity index (χ1) is 11.2. The van der Waals surface area contributed by atoms with E-state index in [1.165, 1.54) is 0 Å². The SMILES string of the molecule is Fc1cnc(N[C@H]2CO[C@@]3(CCN(c4ccncn4)C3)C2)nc1. The van der Waals surface area contributed by atoms with E-state index >= 15 is 0 Å². The van der Waals surface area contributed by atoms with Gasteiger partial charge in [0.05, 0.1) is 30.6 Å². The molecule has 0 saturated carbocycles. The van der Waals surface area contributed by atoms with Crippen LogP contribution in [0.5, 0.6) is 0 Å². The number of nitrogens with zero attached hydrogens (tertiary/aromatic N) is 5. The van der Waals surface area contributed by atoms with E-state index in [1.807, 2.05) is 6.07 Å². The van der Waals surface area contributed by atoms with Crippen molar-refractivity contribution in [2.75, 3.05) is 29.9 Å². The van der Waals surface area contributed by atoms with Gasteiger partial charge in [0, 0.05) is 25.7 Å². The van der Waals surface area contributed by atoms with Gasteiger partial charge in [-0.15, -0.1) is 0 Å². The first-order valence-electron chi connectivity index (χ1n) is 7.61. The van der Waals surface area contributed by atoms with Gasteiger partial charge in [-0.3, -0.25) is 0 Å². The van der Waals surface area contributed by atoms with E-state index in [0.29, 0.717) is 12.6 Å². The fourth-order valence-electron chi connectivity index (χ4n) is 3.30. The zero-order valence-corrected chi connectivity index (χ0v) is 12.5. The lowest BCUT2D eigenvalue weighted by Gasteiger charge is -2.23. The Bertz CT molecular complexity index is 669.